The van der Waals surface area contributed by atoms with Crippen molar-refractivity contribution < 1.29 is 20.1 Å². The Morgan fingerprint density at radius 1 is 1.27 bits per heavy atom. The van der Waals surface area contributed by atoms with Gasteiger partial charge >= 0.3 is 0 Å². The Morgan fingerprint density at radius 2 is 1.82 bits per heavy atom. The van der Waals surface area contributed by atoms with Crippen molar-refractivity contribution in [3.8, 4) is 0 Å². The van der Waals surface area contributed by atoms with Crippen LogP contribution in [-0.2, 0) is 4.74 Å². The van der Waals surface area contributed by atoms with Gasteiger partial charge in [-0.3, -0.25) is 0 Å². The van der Waals surface area contributed by atoms with Crippen molar-refractivity contribution in [1.82, 2.24) is 0 Å². The molecule has 1 aliphatic rings. The monoisotopic (exact) mass is 164 g/mol. The molecule has 0 bridgehead atoms. The predicted octanol–water partition coefficient (Wildman–Crippen LogP) is -0.875. The molecule has 3 unspecified atom stereocenters. The molecule has 1 saturated heterocycles. The van der Waals surface area contributed by atoms with E-state index >= 15 is 0 Å². The molecule has 3 atom stereocenters. The third-order valence-electron chi connectivity index (χ3n) is 1.67. The van der Waals surface area contributed by atoms with Crippen LogP contribution in [0.25, 0.3) is 0 Å². The van der Waals surface area contributed by atoms with Gasteiger partial charge in [0.15, 0.2) is 0 Å². The first kappa shape index (κ1) is 10.8. The van der Waals surface area contributed by atoms with Crippen LogP contribution in [-0.4, -0.2) is 47.3 Å². The highest BCUT2D eigenvalue weighted by Crippen LogP contribution is 2.13. The van der Waals surface area contributed by atoms with Gasteiger partial charge in [-0.2, -0.15) is 0 Å². The molecule has 0 aromatic rings. The van der Waals surface area contributed by atoms with Crippen LogP contribution in [0.2, 0.25) is 0 Å². The number of ether oxygens (including phenoxy) is 1. The summed E-state index contributed by atoms with van der Waals surface area (Å²) in [5.74, 6) is 0. The fourth-order valence-corrected chi connectivity index (χ4v) is 0.957. The van der Waals surface area contributed by atoms with Crippen LogP contribution in [0, 0.1) is 0 Å². The van der Waals surface area contributed by atoms with Crippen molar-refractivity contribution in [1.29, 1.82) is 0 Å². The number of aliphatic hydroxyl groups excluding tert-OH is 3. The van der Waals surface area contributed by atoms with Crippen LogP contribution in [0.1, 0.15) is 13.3 Å². The molecule has 11 heavy (non-hydrogen) atoms. The lowest BCUT2D eigenvalue weighted by Gasteiger charge is -2.29. The summed E-state index contributed by atoms with van der Waals surface area (Å²) in [4.78, 5) is 0. The van der Waals surface area contributed by atoms with Crippen molar-refractivity contribution >= 4 is 0 Å². The molecule has 4 heteroatoms. The fraction of sp³-hybridized carbons (Fsp3) is 1.00. The Morgan fingerprint density at radius 3 is 2.18 bits per heavy atom. The Bertz CT molecular complexity index is 86.4. The summed E-state index contributed by atoms with van der Waals surface area (Å²) >= 11 is 0. The molecule has 4 nitrogen and oxygen atoms in total. The quantitative estimate of drug-likeness (QED) is 0.435. The van der Waals surface area contributed by atoms with Gasteiger partial charge in [-0.25, -0.2) is 0 Å². The van der Waals surface area contributed by atoms with Gasteiger partial charge in [0.2, 0.25) is 0 Å². The van der Waals surface area contributed by atoms with Gasteiger partial charge in [-0.05, 0) is 13.3 Å². The summed E-state index contributed by atoms with van der Waals surface area (Å²) in [5.41, 5.74) is 0. The average molecular weight is 164 g/mol. The Kier molecular flexibility index (Phi) is 5.41. The summed E-state index contributed by atoms with van der Waals surface area (Å²) in [6, 6.07) is 0. The van der Waals surface area contributed by atoms with Gasteiger partial charge in [0.05, 0.1) is 12.2 Å². The highest BCUT2D eigenvalue weighted by Gasteiger charge is 2.27. The second-order valence-electron chi connectivity index (χ2n) is 2.42. The van der Waals surface area contributed by atoms with E-state index in [0.29, 0.717) is 13.0 Å². The average Bonchev–Trinajstić information content (AvgIpc) is 2.04. The van der Waals surface area contributed by atoms with Gasteiger partial charge in [-0.15, -0.1) is 0 Å². The fourth-order valence-electron chi connectivity index (χ4n) is 0.957. The van der Waals surface area contributed by atoms with Crippen molar-refractivity contribution in [3.63, 3.8) is 0 Å². The van der Waals surface area contributed by atoms with Crippen molar-refractivity contribution in [3.05, 3.63) is 0 Å². The molecule has 0 radical (unpaired) electrons. The predicted molar refractivity (Wildman–Crippen MR) is 40.2 cm³/mol. The van der Waals surface area contributed by atoms with Crippen molar-refractivity contribution in [2.75, 3.05) is 13.7 Å². The molecule has 0 saturated carbocycles. The summed E-state index contributed by atoms with van der Waals surface area (Å²) in [6.07, 6.45) is -0.952. The Labute approximate surface area is 66.4 Å². The topological polar surface area (TPSA) is 69.9 Å². The van der Waals surface area contributed by atoms with E-state index in [4.69, 9.17) is 20.1 Å². The van der Waals surface area contributed by atoms with Crippen LogP contribution in [0.5, 0.6) is 0 Å². The SMILES string of the molecule is CC1OCCC(O)C1O.CO. The molecule has 0 amide bonds. The van der Waals surface area contributed by atoms with Gasteiger partial charge in [0.25, 0.3) is 0 Å². The minimum absolute atomic E-state index is 0.214. The zero-order chi connectivity index (χ0) is 8.85. The minimum atomic E-state index is -0.696. The molecule has 3 N–H and O–H groups in total. The van der Waals surface area contributed by atoms with Crippen molar-refractivity contribution in [2.24, 2.45) is 0 Å². The zero-order valence-corrected chi connectivity index (χ0v) is 6.90. The van der Waals surface area contributed by atoms with Gasteiger partial charge in [-0.1, -0.05) is 0 Å². The molecule has 1 rings (SSSR count). The number of hydrogen-bond acceptors (Lipinski definition) is 4. The first-order valence-corrected chi connectivity index (χ1v) is 3.64. The molecule has 0 aliphatic carbocycles. The number of rotatable bonds is 0. The van der Waals surface area contributed by atoms with E-state index in [-0.39, 0.29) is 6.10 Å². The lowest BCUT2D eigenvalue weighted by Crippen LogP contribution is -2.42. The van der Waals surface area contributed by atoms with E-state index in [0.717, 1.165) is 7.11 Å². The lowest BCUT2D eigenvalue weighted by molar-refractivity contribution is -0.127. The van der Waals surface area contributed by atoms with E-state index in [1.165, 1.54) is 0 Å². The third kappa shape index (κ3) is 3.16. The first-order chi connectivity index (χ1) is 5.22. The van der Waals surface area contributed by atoms with Gasteiger partial charge in [0, 0.05) is 13.7 Å². The van der Waals surface area contributed by atoms with Crippen molar-refractivity contribution in [2.45, 2.75) is 31.7 Å². The molecule has 1 aliphatic heterocycles. The summed E-state index contributed by atoms with van der Waals surface area (Å²) < 4.78 is 5.05. The molecule has 1 fully saturated rings. The smallest absolute Gasteiger partial charge is 0.106 e. The van der Waals surface area contributed by atoms with Crippen LogP contribution in [0.3, 0.4) is 0 Å². The Hall–Kier alpha value is -0.160. The van der Waals surface area contributed by atoms with E-state index in [2.05, 4.69) is 0 Å². The maximum atomic E-state index is 9.07. The van der Waals surface area contributed by atoms with Crippen LogP contribution >= 0.6 is 0 Å². The molecular weight excluding hydrogens is 148 g/mol. The van der Waals surface area contributed by atoms with E-state index < -0.39 is 12.2 Å². The summed E-state index contributed by atoms with van der Waals surface area (Å²) in [7, 11) is 1.00. The summed E-state index contributed by atoms with van der Waals surface area (Å²) in [5, 5.41) is 25.1. The third-order valence-corrected chi connectivity index (χ3v) is 1.67. The van der Waals surface area contributed by atoms with Crippen LogP contribution < -0.4 is 0 Å². The highest BCUT2D eigenvalue weighted by atomic mass is 16.5. The van der Waals surface area contributed by atoms with E-state index in [1.54, 1.807) is 6.92 Å². The van der Waals surface area contributed by atoms with Gasteiger partial charge in [0.1, 0.15) is 6.10 Å². The second-order valence-corrected chi connectivity index (χ2v) is 2.42. The molecule has 1 heterocycles. The largest absolute Gasteiger partial charge is 0.400 e. The summed E-state index contributed by atoms with van der Waals surface area (Å²) in [6.45, 7) is 2.31. The molecular formula is C7H16O4. The normalized spacial score (nSPS) is 37.4. The van der Waals surface area contributed by atoms with Crippen LogP contribution in [0.4, 0.5) is 0 Å². The highest BCUT2D eigenvalue weighted by molar-refractivity contribution is 4.77. The number of aliphatic hydroxyl groups is 3. The van der Waals surface area contributed by atoms with E-state index in [1.807, 2.05) is 0 Å². The molecule has 0 aromatic carbocycles. The van der Waals surface area contributed by atoms with Crippen LogP contribution in [0.15, 0.2) is 0 Å². The standard InChI is InChI=1S/C6H12O3.CH4O/c1-4-6(8)5(7)2-3-9-4;1-2/h4-8H,2-3H2,1H3;2H,1H3. The first-order valence-electron chi connectivity index (χ1n) is 3.64. The minimum Gasteiger partial charge on any atom is -0.400 e. The molecule has 0 aromatic heterocycles. The second kappa shape index (κ2) is 5.49. The molecule has 68 valence electrons. The maximum Gasteiger partial charge on any atom is 0.106 e. The van der Waals surface area contributed by atoms with E-state index in [9.17, 15) is 0 Å². The van der Waals surface area contributed by atoms with Gasteiger partial charge < -0.3 is 20.1 Å². The Balaban J connectivity index is 0.000000461. The zero-order valence-electron chi connectivity index (χ0n) is 6.90. The number of hydrogen-bond donors (Lipinski definition) is 3. The maximum absolute atomic E-state index is 9.07. The lowest BCUT2D eigenvalue weighted by atomic mass is 10.0. The molecule has 0 spiro atoms.